The summed E-state index contributed by atoms with van der Waals surface area (Å²) in [5, 5.41) is -0.587. The molecule has 0 amide bonds. The molecule has 184 valence electrons. The van der Waals surface area contributed by atoms with Crippen molar-refractivity contribution in [2.75, 3.05) is 21.1 Å². The molecule has 0 bridgehead atoms. The Morgan fingerprint density at radius 3 is 1.45 bits per heavy atom. The van der Waals surface area contributed by atoms with E-state index in [2.05, 4.69) is 26.0 Å². The molecule has 0 N–H and O–H groups in total. The number of allylic oxidation sites excluding steroid dienone is 2. The summed E-state index contributed by atoms with van der Waals surface area (Å²) in [5.74, 6) is 0. The predicted octanol–water partition coefficient (Wildman–Crippen LogP) is 8.50. The Bertz CT molecular complexity index is 459. The van der Waals surface area contributed by atoms with E-state index >= 15 is 0 Å². The molecule has 0 aliphatic heterocycles. The van der Waals surface area contributed by atoms with Crippen LogP contribution in [0.2, 0.25) is 0 Å². The molecule has 0 aliphatic rings. The Hall–Kier alpha value is -0.240. The van der Waals surface area contributed by atoms with Crippen LogP contribution in [0.3, 0.4) is 0 Å². The van der Waals surface area contributed by atoms with Gasteiger partial charge in [0, 0.05) is 12.8 Å². The first-order valence-electron chi connectivity index (χ1n) is 13.4. The Morgan fingerprint density at radius 2 is 1.06 bits per heavy atom. The maximum atomic E-state index is 12.1. The molecule has 0 radical (unpaired) electrons. The van der Waals surface area contributed by atoms with Crippen molar-refractivity contribution in [3.05, 3.63) is 12.2 Å². The monoisotopic (exact) mass is 456 g/mol. The summed E-state index contributed by atoms with van der Waals surface area (Å²) >= 11 is 0. The van der Waals surface area contributed by atoms with E-state index in [-0.39, 0.29) is 0 Å². The minimum absolute atomic E-state index is 0.523. The van der Waals surface area contributed by atoms with Gasteiger partial charge in [0.2, 0.25) is 0 Å². The van der Waals surface area contributed by atoms with E-state index in [1.807, 2.05) is 21.1 Å². The van der Waals surface area contributed by atoms with Crippen LogP contribution >= 0.6 is 8.03 Å². The van der Waals surface area contributed by atoms with Crippen LogP contribution in [0.1, 0.15) is 136 Å². The normalized spacial score (nSPS) is 14.8. The van der Waals surface area contributed by atoms with E-state index in [0.29, 0.717) is 4.48 Å². The van der Waals surface area contributed by atoms with Crippen molar-refractivity contribution in [3.8, 4) is 0 Å². The Balaban J connectivity index is 3.62. The van der Waals surface area contributed by atoms with Gasteiger partial charge in [-0.1, -0.05) is 108 Å². The van der Waals surface area contributed by atoms with Gasteiger partial charge in [-0.05, 0) is 32.1 Å². The fraction of sp³-hybridized carbons (Fsp3) is 0.926. The summed E-state index contributed by atoms with van der Waals surface area (Å²) in [6.45, 7) is 4.33. The standard InChI is InChI=1S/C27H55NO2P/c1-6-8-9-10-11-12-13-14-15-16-17-18-19-20-21-22-23-24-26-27(25-7-2,31(29)30)28(3,4)5/h9-10H,6-8,11-26H2,1-5H3/q+1. The zero-order valence-corrected chi connectivity index (χ0v) is 22.7. The number of hydrogen-bond donors (Lipinski definition) is 0. The van der Waals surface area contributed by atoms with Gasteiger partial charge in [0.25, 0.3) is 5.28 Å². The van der Waals surface area contributed by atoms with E-state index in [9.17, 15) is 9.46 Å². The number of unbranched alkanes of at least 4 members (excludes halogenated alkanes) is 14. The molecule has 0 heterocycles. The summed E-state index contributed by atoms with van der Waals surface area (Å²) in [5.41, 5.74) is 0. The molecular formula is C27H55NO2P+. The lowest BCUT2D eigenvalue weighted by Crippen LogP contribution is -2.55. The minimum Gasteiger partial charge on any atom is -0.590 e. The fourth-order valence-electron chi connectivity index (χ4n) is 4.64. The van der Waals surface area contributed by atoms with Gasteiger partial charge < -0.3 is 4.89 Å². The first kappa shape index (κ1) is 30.8. The lowest BCUT2D eigenvalue weighted by Gasteiger charge is -2.39. The minimum atomic E-state index is -2.42. The zero-order chi connectivity index (χ0) is 23.4. The SMILES string of the molecule is CCCC=CCCCCCCCCCCCCCCCC(CCC)([P+](=O)[O-])[N+](C)(C)C. The van der Waals surface area contributed by atoms with Crippen molar-refractivity contribution < 1.29 is 13.9 Å². The molecule has 0 aromatic carbocycles. The molecule has 3 nitrogen and oxygen atoms in total. The third kappa shape index (κ3) is 14.5. The average Bonchev–Trinajstić information content (AvgIpc) is 2.71. The molecule has 0 fully saturated rings. The molecule has 0 rings (SSSR count). The van der Waals surface area contributed by atoms with Crippen LogP contribution in [0.4, 0.5) is 0 Å². The Labute approximate surface area is 196 Å². The second kappa shape index (κ2) is 19.2. The van der Waals surface area contributed by atoms with Crippen LogP contribution in [-0.2, 0) is 4.57 Å². The van der Waals surface area contributed by atoms with Crippen LogP contribution < -0.4 is 4.89 Å². The van der Waals surface area contributed by atoms with E-state index < -0.39 is 13.3 Å². The quantitative estimate of drug-likeness (QED) is 0.0709. The van der Waals surface area contributed by atoms with Crippen LogP contribution in [0, 0.1) is 0 Å². The van der Waals surface area contributed by atoms with E-state index in [1.165, 1.54) is 96.3 Å². The highest BCUT2D eigenvalue weighted by Crippen LogP contribution is 2.45. The van der Waals surface area contributed by atoms with Crippen LogP contribution in [0.15, 0.2) is 12.2 Å². The highest BCUT2D eigenvalue weighted by atomic mass is 31.1. The number of quaternary nitrogens is 1. The lowest BCUT2D eigenvalue weighted by molar-refractivity contribution is -0.910. The number of nitrogens with zero attached hydrogens (tertiary/aromatic N) is 1. The predicted molar refractivity (Wildman–Crippen MR) is 137 cm³/mol. The molecule has 2 atom stereocenters. The third-order valence-electron chi connectivity index (χ3n) is 6.81. The second-order valence-electron chi connectivity index (χ2n) is 10.4. The van der Waals surface area contributed by atoms with Crippen molar-refractivity contribution in [2.24, 2.45) is 0 Å². The Kier molecular flexibility index (Phi) is 19.1. The summed E-state index contributed by atoms with van der Waals surface area (Å²) in [7, 11) is 3.69. The molecule has 4 heteroatoms. The number of hydrogen-bond acceptors (Lipinski definition) is 2. The fourth-order valence-corrected chi connectivity index (χ4v) is 5.88. The Morgan fingerprint density at radius 1 is 0.645 bits per heavy atom. The third-order valence-corrected chi connectivity index (χ3v) is 8.54. The summed E-state index contributed by atoms with van der Waals surface area (Å²) in [6, 6.07) is 0. The maximum absolute atomic E-state index is 12.1. The lowest BCUT2D eigenvalue weighted by atomic mass is 9.99. The molecule has 2 unspecified atom stereocenters. The van der Waals surface area contributed by atoms with Crippen LogP contribution in [-0.4, -0.2) is 30.9 Å². The van der Waals surface area contributed by atoms with Gasteiger partial charge in [-0.15, -0.1) is 0 Å². The molecule has 0 spiro atoms. The topological polar surface area (TPSA) is 40.1 Å². The summed E-state index contributed by atoms with van der Waals surface area (Å²) in [4.78, 5) is 12.1. The van der Waals surface area contributed by atoms with Gasteiger partial charge in [-0.2, -0.15) is 0 Å². The second-order valence-corrected chi connectivity index (χ2v) is 11.7. The molecule has 0 saturated carbocycles. The van der Waals surface area contributed by atoms with Gasteiger partial charge in [0.15, 0.2) is 0 Å². The van der Waals surface area contributed by atoms with Gasteiger partial charge in [0.1, 0.15) is 0 Å². The highest BCUT2D eigenvalue weighted by molar-refractivity contribution is 7.38. The van der Waals surface area contributed by atoms with Gasteiger partial charge in [0.05, 0.1) is 21.1 Å². The molecule has 0 aromatic rings. The zero-order valence-electron chi connectivity index (χ0n) is 21.8. The van der Waals surface area contributed by atoms with Crippen LogP contribution in [0.25, 0.3) is 0 Å². The van der Waals surface area contributed by atoms with Gasteiger partial charge in [-0.3, -0.25) is 4.48 Å². The molecule has 0 aliphatic carbocycles. The largest absolute Gasteiger partial charge is 0.590 e. The molecular weight excluding hydrogens is 401 g/mol. The maximum Gasteiger partial charge on any atom is 0.376 e. The van der Waals surface area contributed by atoms with Crippen molar-refractivity contribution >= 4 is 8.03 Å². The van der Waals surface area contributed by atoms with Gasteiger partial charge in [-0.25, -0.2) is 0 Å². The summed E-state index contributed by atoms with van der Waals surface area (Å²) < 4.78 is 12.6. The number of rotatable bonds is 22. The first-order chi connectivity index (χ1) is 14.8. The molecule has 31 heavy (non-hydrogen) atoms. The van der Waals surface area contributed by atoms with Crippen molar-refractivity contribution in [1.29, 1.82) is 0 Å². The first-order valence-corrected chi connectivity index (χ1v) is 14.6. The van der Waals surface area contributed by atoms with Crippen LogP contribution in [0.5, 0.6) is 0 Å². The van der Waals surface area contributed by atoms with Gasteiger partial charge >= 0.3 is 8.03 Å². The van der Waals surface area contributed by atoms with E-state index in [0.717, 1.165) is 25.7 Å². The van der Waals surface area contributed by atoms with E-state index in [4.69, 9.17) is 0 Å². The van der Waals surface area contributed by atoms with Crippen molar-refractivity contribution in [1.82, 2.24) is 0 Å². The smallest absolute Gasteiger partial charge is 0.376 e. The average molecular weight is 457 g/mol. The summed E-state index contributed by atoms with van der Waals surface area (Å²) in [6.07, 6.45) is 28.2. The molecule has 0 saturated heterocycles. The highest BCUT2D eigenvalue weighted by Gasteiger charge is 2.53. The van der Waals surface area contributed by atoms with Crippen molar-refractivity contribution in [3.63, 3.8) is 0 Å². The molecule has 0 aromatic heterocycles. The van der Waals surface area contributed by atoms with E-state index in [1.54, 1.807) is 0 Å². The van der Waals surface area contributed by atoms with Crippen molar-refractivity contribution in [2.45, 2.75) is 141 Å².